The fourth-order valence-electron chi connectivity index (χ4n) is 3.27. The van der Waals surface area contributed by atoms with E-state index in [-0.39, 0.29) is 4.90 Å². The number of aliphatic carboxylic acids is 1. The lowest BCUT2D eigenvalue weighted by atomic mass is 10.0. The van der Waals surface area contributed by atoms with Crippen molar-refractivity contribution in [3.8, 4) is 0 Å². The molecule has 0 spiro atoms. The molecule has 7 heteroatoms. The molecule has 24 heavy (non-hydrogen) atoms. The van der Waals surface area contributed by atoms with E-state index in [9.17, 15) is 23.4 Å². The van der Waals surface area contributed by atoms with E-state index in [1.165, 1.54) is 12.1 Å². The fourth-order valence-corrected chi connectivity index (χ4v) is 5.92. The van der Waals surface area contributed by atoms with Crippen molar-refractivity contribution in [2.45, 2.75) is 16.1 Å². The first-order chi connectivity index (χ1) is 11.4. The molecule has 0 radical (unpaired) electrons. The van der Waals surface area contributed by atoms with E-state index < -0.39 is 39.0 Å². The minimum absolute atomic E-state index is 0.0636. The number of benzene rings is 2. The third-order valence-corrected chi connectivity index (χ3v) is 7.37. The molecule has 0 amide bonds. The Morgan fingerprint density at radius 2 is 1.67 bits per heavy atom. The van der Waals surface area contributed by atoms with E-state index in [4.69, 9.17) is 0 Å². The Morgan fingerprint density at radius 3 is 2.17 bits per heavy atom. The van der Waals surface area contributed by atoms with Gasteiger partial charge in [0.05, 0.1) is 16.8 Å². The zero-order chi connectivity index (χ0) is 17.5. The van der Waals surface area contributed by atoms with Crippen molar-refractivity contribution in [2.75, 3.05) is 6.61 Å². The van der Waals surface area contributed by atoms with Gasteiger partial charge >= 0.3 is 5.97 Å². The Bertz CT molecular complexity index is 864. The van der Waals surface area contributed by atoms with Crippen LogP contribution in [-0.4, -0.2) is 36.5 Å². The molecular formula is C17H15BrO5S. The Morgan fingerprint density at radius 1 is 1.08 bits per heavy atom. The predicted octanol–water partition coefficient (Wildman–Crippen LogP) is 2.45. The molecule has 0 bridgehead atoms. The molecule has 126 valence electrons. The van der Waals surface area contributed by atoms with Crippen LogP contribution in [0.2, 0.25) is 0 Å². The summed E-state index contributed by atoms with van der Waals surface area (Å²) in [6.45, 7) is -0.736. The highest BCUT2D eigenvalue weighted by molar-refractivity contribution is 9.10. The van der Waals surface area contributed by atoms with Crippen LogP contribution in [0.5, 0.6) is 0 Å². The summed E-state index contributed by atoms with van der Waals surface area (Å²) in [6.07, 6.45) is 0. The van der Waals surface area contributed by atoms with Crippen molar-refractivity contribution in [3.63, 3.8) is 0 Å². The lowest BCUT2D eigenvalue weighted by molar-refractivity contribution is -0.145. The van der Waals surface area contributed by atoms with E-state index in [0.717, 1.165) is 4.47 Å². The first-order valence-corrected chi connectivity index (χ1v) is 9.58. The minimum atomic E-state index is -3.89. The second kappa shape index (κ2) is 5.98. The Hall–Kier alpha value is -1.70. The summed E-state index contributed by atoms with van der Waals surface area (Å²) < 4.78 is 26.7. The van der Waals surface area contributed by atoms with Crippen LogP contribution in [0.15, 0.2) is 64.0 Å². The summed E-state index contributed by atoms with van der Waals surface area (Å²) in [5.74, 6) is -2.10. The van der Waals surface area contributed by atoms with Gasteiger partial charge in [0.15, 0.2) is 9.84 Å². The number of carboxylic acid groups (broad SMARTS) is 1. The molecule has 3 rings (SSSR count). The maximum atomic E-state index is 12.9. The van der Waals surface area contributed by atoms with Crippen LogP contribution in [0.25, 0.3) is 0 Å². The topological polar surface area (TPSA) is 91.7 Å². The number of halogens is 1. The van der Waals surface area contributed by atoms with Crippen LogP contribution < -0.4 is 0 Å². The highest BCUT2D eigenvalue weighted by atomic mass is 79.9. The van der Waals surface area contributed by atoms with Crippen LogP contribution in [0, 0.1) is 5.41 Å². The summed E-state index contributed by atoms with van der Waals surface area (Å²) in [5.41, 5.74) is -1.14. The van der Waals surface area contributed by atoms with Gasteiger partial charge in [-0.2, -0.15) is 0 Å². The monoisotopic (exact) mass is 410 g/mol. The maximum absolute atomic E-state index is 12.9. The third kappa shape index (κ3) is 2.47. The number of sulfone groups is 1. The van der Waals surface area contributed by atoms with Gasteiger partial charge in [-0.3, -0.25) is 4.79 Å². The second-order valence-electron chi connectivity index (χ2n) is 5.81. The largest absolute Gasteiger partial charge is 0.481 e. The van der Waals surface area contributed by atoms with E-state index in [0.29, 0.717) is 5.56 Å². The van der Waals surface area contributed by atoms with Crippen LogP contribution in [0.3, 0.4) is 0 Å². The molecule has 0 aliphatic heterocycles. The quantitative estimate of drug-likeness (QED) is 0.789. The molecule has 0 aromatic heterocycles. The smallest absolute Gasteiger partial charge is 0.314 e. The summed E-state index contributed by atoms with van der Waals surface area (Å²) in [6, 6.07) is 14.6. The number of hydrogen-bond acceptors (Lipinski definition) is 4. The molecule has 3 atom stereocenters. The van der Waals surface area contributed by atoms with Crippen LogP contribution in [-0.2, 0) is 14.6 Å². The van der Waals surface area contributed by atoms with Gasteiger partial charge in [-0.05, 0) is 29.8 Å². The van der Waals surface area contributed by atoms with Gasteiger partial charge in [0, 0.05) is 10.4 Å². The molecule has 2 N–H and O–H groups in total. The minimum Gasteiger partial charge on any atom is -0.481 e. The summed E-state index contributed by atoms with van der Waals surface area (Å²) in [7, 11) is -3.89. The molecular weight excluding hydrogens is 396 g/mol. The van der Waals surface area contributed by atoms with Gasteiger partial charge in [-0.15, -0.1) is 0 Å². The molecule has 1 aliphatic carbocycles. The van der Waals surface area contributed by atoms with E-state index in [1.54, 1.807) is 42.5 Å². The zero-order valence-corrected chi connectivity index (χ0v) is 14.9. The van der Waals surface area contributed by atoms with Gasteiger partial charge in [-0.25, -0.2) is 8.42 Å². The first kappa shape index (κ1) is 17.1. The van der Waals surface area contributed by atoms with Crippen molar-refractivity contribution >= 4 is 31.7 Å². The Balaban J connectivity index is 2.11. The molecule has 1 fully saturated rings. The third-order valence-electron chi connectivity index (χ3n) is 4.55. The van der Waals surface area contributed by atoms with Crippen molar-refractivity contribution in [1.29, 1.82) is 0 Å². The summed E-state index contributed by atoms with van der Waals surface area (Å²) in [5, 5.41) is 18.2. The van der Waals surface area contributed by atoms with E-state index >= 15 is 0 Å². The number of aliphatic hydroxyl groups is 1. The van der Waals surface area contributed by atoms with Gasteiger partial charge < -0.3 is 10.2 Å². The van der Waals surface area contributed by atoms with Gasteiger partial charge in [-0.1, -0.05) is 46.3 Å². The summed E-state index contributed by atoms with van der Waals surface area (Å²) in [4.78, 5) is 11.9. The van der Waals surface area contributed by atoms with Gasteiger partial charge in [0.1, 0.15) is 5.41 Å². The molecule has 0 saturated heterocycles. The highest BCUT2D eigenvalue weighted by Gasteiger charge is 2.75. The normalized spacial score (nSPS) is 26.1. The predicted molar refractivity (Wildman–Crippen MR) is 91.5 cm³/mol. The van der Waals surface area contributed by atoms with E-state index in [2.05, 4.69) is 15.9 Å². The van der Waals surface area contributed by atoms with Crippen molar-refractivity contribution in [3.05, 3.63) is 64.6 Å². The summed E-state index contributed by atoms with van der Waals surface area (Å²) >= 11 is 3.30. The maximum Gasteiger partial charge on any atom is 0.314 e. The van der Waals surface area contributed by atoms with Gasteiger partial charge in [0.2, 0.25) is 0 Å². The van der Waals surface area contributed by atoms with Crippen molar-refractivity contribution in [2.24, 2.45) is 5.41 Å². The zero-order valence-electron chi connectivity index (χ0n) is 12.5. The van der Waals surface area contributed by atoms with Crippen LogP contribution >= 0.6 is 15.9 Å². The number of carbonyl (C=O) groups is 1. The molecule has 0 heterocycles. The standard InChI is InChI=1S/C17H15BrO5S/c18-12-8-6-11(7-9-12)14-15(17(14,10-19)16(20)21)24(22,23)13-4-2-1-3-5-13/h1-9,14-15,19H,10H2,(H,20,21)/t14-,15-,17-/m0/s1. The number of carboxylic acids is 1. The molecule has 0 unspecified atom stereocenters. The Kier molecular flexibility index (Phi) is 4.27. The molecule has 5 nitrogen and oxygen atoms in total. The SMILES string of the molecule is O=C(O)[C@@]1(CO)[C@@H](c2ccc(Br)cc2)[C@@H]1S(=O)(=O)c1ccccc1. The van der Waals surface area contributed by atoms with E-state index in [1.807, 2.05) is 0 Å². The number of hydrogen-bond donors (Lipinski definition) is 2. The average Bonchev–Trinajstić information content (AvgIpc) is 3.28. The highest BCUT2D eigenvalue weighted by Crippen LogP contribution is 2.64. The van der Waals surface area contributed by atoms with Gasteiger partial charge in [0.25, 0.3) is 0 Å². The second-order valence-corrected chi connectivity index (χ2v) is 8.80. The van der Waals surface area contributed by atoms with Crippen LogP contribution in [0.4, 0.5) is 0 Å². The first-order valence-electron chi connectivity index (χ1n) is 7.24. The van der Waals surface area contributed by atoms with Crippen LogP contribution in [0.1, 0.15) is 11.5 Å². The average molecular weight is 411 g/mol. The molecule has 1 aliphatic rings. The Labute approximate surface area is 148 Å². The molecule has 1 saturated carbocycles. The fraction of sp³-hybridized carbons (Fsp3) is 0.235. The van der Waals surface area contributed by atoms with Crippen molar-refractivity contribution < 1.29 is 23.4 Å². The lowest BCUT2D eigenvalue weighted by Crippen LogP contribution is -2.27. The molecule has 2 aromatic carbocycles. The van der Waals surface area contributed by atoms with Crippen molar-refractivity contribution in [1.82, 2.24) is 0 Å². The molecule has 2 aromatic rings. The number of aliphatic hydroxyl groups excluding tert-OH is 1. The lowest BCUT2D eigenvalue weighted by Gasteiger charge is -2.09. The number of rotatable bonds is 5.